The van der Waals surface area contributed by atoms with Crippen LogP contribution in [-0.2, 0) is 4.74 Å². The minimum Gasteiger partial charge on any atom is -0.478 e. The average Bonchev–Trinajstić information content (AvgIpc) is 2.81. The Hall–Kier alpha value is -1.07. The van der Waals surface area contributed by atoms with Gasteiger partial charge in [-0.15, -0.1) is 0 Å². The van der Waals surface area contributed by atoms with E-state index in [0.29, 0.717) is 6.10 Å². The van der Waals surface area contributed by atoms with Gasteiger partial charge in [-0.25, -0.2) is 4.79 Å². The zero-order chi connectivity index (χ0) is 13.0. The van der Waals surface area contributed by atoms with Gasteiger partial charge in [0.05, 0.1) is 11.7 Å². The highest BCUT2D eigenvalue weighted by Gasteiger charge is 2.14. The van der Waals surface area contributed by atoms with E-state index in [9.17, 15) is 4.79 Å². The van der Waals surface area contributed by atoms with Crippen LogP contribution >= 0.6 is 15.9 Å². The van der Waals surface area contributed by atoms with Crippen molar-refractivity contribution in [3.05, 3.63) is 28.2 Å². The molecule has 5 heteroatoms. The topological polar surface area (TPSA) is 58.6 Å². The van der Waals surface area contributed by atoms with Crippen LogP contribution in [0.1, 0.15) is 29.6 Å². The molecule has 2 rings (SSSR count). The van der Waals surface area contributed by atoms with Gasteiger partial charge in [-0.3, -0.25) is 0 Å². The Labute approximate surface area is 114 Å². The third-order valence-corrected chi connectivity index (χ3v) is 3.42. The highest BCUT2D eigenvalue weighted by Crippen LogP contribution is 2.20. The number of carboxylic acid groups (broad SMARTS) is 1. The Morgan fingerprint density at radius 3 is 3.00 bits per heavy atom. The third-order valence-electron chi connectivity index (χ3n) is 2.96. The van der Waals surface area contributed by atoms with Crippen LogP contribution in [-0.4, -0.2) is 30.3 Å². The van der Waals surface area contributed by atoms with Crippen molar-refractivity contribution in [1.82, 2.24) is 0 Å². The molecule has 0 aromatic heterocycles. The van der Waals surface area contributed by atoms with Crippen molar-refractivity contribution in [3.63, 3.8) is 0 Å². The van der Waals surface area contributed by atoms with Gasteiger partial charge < -0.3 is 15.2 Å². The summed E-state index contributed by atoms with van der Waals surface area (Å²) in [5.74, 6) is -0.918. The first kappa shape index (κ1) is 13.4. The molecule has 2 N–H and O–H groups in total. The van der Waals surface area contributed by atoms with Crippen molar-refractivity contribution in [2.24, 2.45) is 0 Å². The fourth-order valence-corrected chi connectivity index (χ4v) is 2.56. The average molecular weight is 314 g/mol. The second kappa shape index (κ2) is 6.20. The Kier molecular flexibility index (Phi) is 4.60. The number of anilines is 1. The molecule has 1 aliphatic rings. The molecule has 0 amide bonds. The van der Waals surface area contributed by atoms with Crippen molar-refractivity contribution < 1.29 is 14.6 Å². The van der Waals surface area contributed by atoms with Crippen LogP contribution in [0, 0.1) is 0 Å². The van der Waals surface area contributed by atoms with E-state index < -0.39 is 5.97 Å². The number of ether oxygens (including phenoxy) is 1. The molecule has 0 saturated carbocycles. The molecule has 0 aliphatic carbocycles. The summed E-state index contributed by atoms with van der Waals surface area (Å²) in [5.41, 5.74) is 1.10. The van der Waals surface area contributed by atoms with Gasteiger partial charge in [-0.1, -0.05) is 15.9 Å². The maximum Gasteiger partial charge on any atom is 0.335 e. The minimum atomic E-state index is -0.918. The molecule has 1 heterocycles. The van der Waals surface area contributed by atoms with Gasteiger partial charge in [0.25, 0.3) is 0 Å². The third kappa shape index (κ3) is 3.71. The molecule has 1 fully saturated rings. The van der Waals surface area contributed by atoms with Gasteiger partial charge in [0, 0.05) is 23.3 Å². The zero-order valence-electron chi connectivity index (χ0n) is 9.99. The number of halogens is 1. The normalized spacial score (nSPS) is 18.8. The van der Waals surface area contributed by atoms with E-state index in [1.807, 2.05) is 6.07 Å². The predicted octanol–water partition coefficient (Wildman–Crippen LogP) is 3.13. The molecule has 1 aromatic carbocycles. The first-order valence-electron chi connectivity index (χ1n) is 6.04. The maximum atomic E-state index is 10.9. The summed E-state index contributed by atoms with van der Waals surface area (Å²) < 4.78 is 6.30. The number of hydrogen-bond acceptors (Lipinski definition) is 3. The lowest BCUT2D eigenvalue weighted by molar-refractivity contribution is 0.0697. The fraction of sp³-hybridized carbons (Fsp3) is 0.462. The van der Waals surface area contributed by atoms with Crippen molar-refractivity contribution in [2.75, 3.05) is 18.5 Å². The summed E-state index contributed by atoms with van der Waals surface area (Å²) >= 11 is 3.31. The fourth-order valence-electron chi connectivity index (χ4n) is 2.06. The van der Waals surface area contributed by atoms with Crippen molar-refractivity contribution in [1.29, 1.82) is 0 Å². The van der Waals surface area contributed by atoms with E-state index in [1.165, 1.54) is 0 Å². The van der Waals surface area contributed by atoms with Crippen LogP contribution in [0.25, 0.3) is 0 Å². The molecule has 4 nitrogen and oxygen atoms in total. The number of hydrogen-bond donors (Lipinski definition) is 2. The SMILES string of the molecule is O=C(O)c1cc(Br)cc(NCCC2CCCO2)c1. The lowest BCUT2D eigenvalue weighted by Gasteiger charge is -2.11. The summed E-state index contributed by atoms with van der Waals surface area (Å²) in [4.78, 5) is 10.9. The van der Waals surface area contributed by atoms with Crippen LogP contribution in [0.3, 0.4) is 0 Å². The highest BCUT2D eigenvalue weighted by molar-refractivity contribution is 9.10. The van der Waals surface area contributed by atoms with Gasteiger partial charge in [0.1, 0.15) is 0 Å². The quantitative estimate of drug-likeness (QED) is 0.877. The number of nitrogens with one attached hydrogen (secondary N) is 1. The molecule has 1 saturated heterocycles. The highest BCUT2D eigenvalue weighted by atomic mass is 79.9. The van der Waals surface area contributed by atoms with E-state index in [0.717, 1.165) is 42.6 Å². The van der Waals surface area contributed by atoms with E-state index >= 15 is 0 Å². The molecule has 18 heavy (non-hydrogen) atoms. The molecular formula is C13H16BrNO3. The first-order valence-corrected chi connectivity index (χ1v) is 6.84. The molecule has 1 aromatic rings. The summed E-state index contributed by atoms with van der Waals surface area (Å²) in [6.45, 7) is 1.66. The number of carbonyl (C=O) groups is 1. The van der Waals surface area contributed by atoms with Crippen LogP contribution in [0.5, 0.6) is 0 Å². The largest absolute Gasteiger partial charge is 0.478 e. The molecule has 1 aliphatic heterocycles. The first-order chi connectivity index (χ1) is 8.65. The smallest absolute Gasteiger partial charge is 0.335 e. The molecule has 0 radical (unpaired) electrons. The minimum absolute atomic E-state index is 0.281. The summed E-state index contributed by atoms with van der Waals surface area (Å²) in [7, 11) is 0. The second-order valence-electron chi connectivity index (χ2n) is 4.38. The van der Waals surface area contributed by atoms with Crippen molar-refractivity contribution in [2.45, 2.75) is 25.4 Å². The number of benzene rings is 1. The predicted molar refractivity (Wildman–Crippen MR) is 73.2 cm³/mol. The second-order valence-corrected chi connectivity index (χ2v) is 5.30. The number of aromatic carboxylic acids is 1. The van der Waals surface area contributed by atoms with Gasteiger partial charge >= 0.3 is 5.97 Å². The van der Waals surface area contributed by atoms with Gasteiger partial charge in [-0.05, 0) is 37.5 Å². The van der Waals surface area contributed by atoms with Gasteiger partial charge in [-0.2, -0.15) is 0 Å². The molecular weight excluding hydrogens is 298 g/mol. The lowest BCUT2D eigenvalue weighted by Crippen LogP contribution is -2.12. The number of carboxylic acids is 1. The monoisotopic (exact) mass is 313 g/mol. The molecule has 0 spiro atoms. The van der Waals surface area contributed by atoms with Gasteiger partial charge in [0.15, 0.2) is 0 Å². The van der Waals surface area contributed by atoms with Crippen molar-refractivity contribution >= 4 is 27.6 Å². The lowest BCUT2D eigenvalue weighted by atomic mass is 10.1. The van der Waals surface area contributed by atoms with Crippen LogP contribution < -0.4 is 5.32 Å². The molecule has 1 atom stereocenters. The molecule has 98 valence electrons. The van der Waals surface area contributed by atoms with E-state index in [1.54, 1.807) is 12.1 Å². The zero-order valence-corrected chi connectivity index (χ0v) is 11.6. The Bertz CT molecular complexity index is 430. The summed E-state index contributed by atoms with van der Waals surface area (Å²) in [6, 6.07) is 5.11. The van der Waals surface area contributed by atoms with E-state index in [4.69, 9.17) is 9.84 Å². The molecule has 0 bridgehead atoms. The standard InChI is InChI=1S/C13H16BrNO3/c14-10-6-9(13(16)17)7-11(8-10)15-4-3-12-2-1-5-18-12/h6-8,12,15H,1-5H2,(H,16,17). The van der Waals surface area contributed by atoms with Crippen LogP contribution in [0.15, 0.2) is 22.7 Å². The van der Waals surface area contributed by atoms with Gasteiger partial charge in [0.2, 0.25) is 0 Å². The Morgan fingerprint density at radius 2 is 2.33 bits per heavy atom. The van der Waals surface area contributed by atoms with Crippen LogP contribution in [0.4, 0.5) is 5.69 Å². The summed E-state index contributed by atoms with van der Waals surface area (Å²) in [5, 5.41) is 12.2. The maximum absolute atomic E-state index is 10.9. The molecule has 1 unspecified atom stereocenters. The van der Waals surface area contributed by atoms with Crippen LogP contribution in [0.2, 0.25) is 0 Å². The summed E-state index contributed by atoms with van der Waals surface area (Å²) in [6.07, 6.45) is 3.57. The van der Waals surface area contributed by atoms with E-state index in [2.05, 4.69) is 21.2 Å². The number of rotatable bonds is 5. The Morgan fingerprint density at radius 1 is 1.50 bits per heavy atom. The van der Waals surface area contributed by atoms with Crippen molar-refractivity contribution in [3.8, 4) is 0 Å². The van der Waals surface area contributed by atoms with E-state index in [-0.39, 0.29) is 5.56 Å². The Balaban J connectivity index is 1.89.